The molecule has 1 aliphatic rings. The van der Waals surface area contributed by atoms with E-state index in [0.717, 1.165) is 36.5 Å². The lowest BCUT2D eigenvalue weighted by molar-refractivity contribution is -0.0280. The van der Waals surface area contributed by atoms with Gasteiger partial charge in [-0.2, -0.15) is 0 Å². The highest BCUT2D eigenvalue weighted by Gasteiger charge is 2.33. The third-order valence-electron chi connectivity index (χ3n) is 5.44. The molecule has 152 valence electrons. The number of nitrogens with zero attached hydrogens (tertiary/aromatic N) is 4. The summed E-state index contributed by atoms with van der Waals surface area (Å²) in [7, 11) is 0. The molecule has 1 saturated heterocycles. The van der Waals surface area contributed by atoms with E-state index in [1.165, 1.54) is 0 Å². The molecule has 0 bridgehead atoms. The molecule has 0 saturated carbocycles. The van der Waals surface area contributed by atoms with Gasteiger partial charge >= 0.3 is 5.56 Å². The number of aliphatic hydroxyl groups is 1. The van der Waals surface area contributed by atoms with Crippen LogP contribution in [-0.4, -0.2) is 51.4 Å². The maximum atomic E-state index is 12.3. The molecule has 8 heteroatoms. The topological polar surface area (TPSA) is 80.5 Å². The van der Waals surface area contributed by atoms with Gasteiger partial charge in [-0.25, -0.2) is 0 Å². The van der Waals surface area contributed by atoms with Gasteiger partial charge in [-0.05, 0) is 59.1 Å². The summed E-state index contributed by atoms with van der Waals surface area (Å²) in [5.74, 6) is 0. The molecule has 2 aromatic carbocycles. The van der Waals surface area contributed by atoms with Crippen molar-refractivity contribution in [2.75, 3.05) is 26.2 Å². The van der Waals surface area contributed by atoms with Crippen LogP contribution in [0.1, 0.15) is 24.8 Å². The van der Waals surface area contributed by atoms with Gasteiger partial charge in [0.05, 0.1) is 11.0 Å². The van der Waals surface area contributed by atoms with Crippen LogP contribution in [0.15, 0.2) is 53.3 Å². The Kier molecular flexibility index (Phi) is 5.80. The van der Waals surface area contributed by atoms with Crippen molar-refractivity contribution in [2.24, 2.45) is 0 Å². The first kappa shape index (κ1) is 19.8. The van der Waals surface area contributed by atoms with Crippen molar-refractivity contribution in [3.8, 4) is 0 Å². The van der Waals surface area contributed by atoms with Gasteiger partial charge in [0.25, 0.3) is 0 Å². The van der Waals surface area contributed by atoms with E-state index in [9.17, 15) is 9.90 Å². The number of hydrogen-bond donors (Lipinski definition) is 1. The average Bonchev–Trinajstić information content (AvgIpc) is 2.74. The van der Waals surface area contributed by atoms with Crippen LogP contribution in [0.2, 0.25) is 5.02 Å². The van der Waals surface area contributed by atoms with Crippen molar-refractivity contribution in [1.82, 2.24) is 20.1 Å². The number of benzene rings is 2. The summed E-state index contributed by atoms with van der Waals surface area (Å²) in [5, 5.41) is 19.9. The normalized spacial score (nSPS) is 16.8. The summed E-state index contributed by atoms with van der Waals surface area (Å²) in [6.07, 6.45) is 2.09. The summed E-state index contributed by atoms with van der Waals surface area (Å²) in [6, 6.07) is 14.5. The van der Waals surface area contributed by atoms with Crippen LogP contribution < -0.4 is 10.4 Å². The molecular weight excluding hydrogens is 392 g/mol. The van der Waals surface area contributed by atoms with Crippen LogP contribution in [0.4, 0.5) is 0 Å². The van der Waals surface area contributed by atoms with Gasteiger partial charge < -0.3 is 14.8 Å². The van der Waals surface area contributed by atoms with E-state index < -0.39 is 5.60 Å². The molecule has 0 amide bonds. The molecule has 7 nitrogen and oxygen atoms in total. The van der Waals surface area contributed by atoms with Crippen molar-refractivity contribution >= 4 is 22.5 Å². The first-order chi connectivity index (χ1) is 14.0. The Hall–Kier alpha value is -2.48. The fourth-order valence-corrected chi connectivity index (χ4v) is 3.82. The van der Waals surface area contributed by atoms with Gasteiger partial charge in [-0.3, -0.25) is 4.79 Å². The number of halogens is 1. The standard InChI is InChI=1S/C21H23ClN4O3/c22-17-8-6-16(7-9-17)21(28)10-13-25(14-11-21)12-3-15-29-26-20(27)18-4-1-2-5-19(18)23-24-26/h1-2,4-9,28H,3,10-15H2. The minimum Gasteiger partial charge on any atom is -0.392 e. The highest BCUT2D eigenvalue weighted by atomic mass is 35.5. The maximum absolute atomic E-state index is 12.3. The number of hydrogen-bond acceptors (Lipinski definition) is 6. The van der Waals surface area contributed by atoms with E-state index in [0.29, 0.717) is 35.4 Å². The van der Waals surface area contributed by atoms with E-state index in [1.807, 2.05) is 30.3 Å². The fraction of sp³-hybridized carbons (Fsp3) is 0.381. The van der Waals surface area contributed by atoms with Crippen molar-refractivity contribution < 1.29 is 9.94 Å². The molecule has 3 aromatic rings. The van der Waals surface area contributed by atoms with Crippen LogP contribution in [0.5, 0.6) is 0 Å². The second-order valence-corrected chi connectivity index (χ2v) is 7.79. The zero-order valence-electron chi connectivity index (χ0n) is 16.0. The van der Waals surface area contributed by atoms with Gasteiger partial charge in [0, 0.05) is 24.7 Å². The first-order valence-corrected chi connectivity index (χ1v) is 10.1. The molecule has 1 aromatic heterocycles. The lowest BCUT2D eigenvalue weighted by Gasteiger charge is -2.38. The molecule has 0 aliphatic carbocycles. The summed E-state index contributed by atoms with van der Waals surface area (Å²) >= 11 is 5.94. The third kappa shape index (κ3) is 4.42. The summed E-state index contributed by atoms with van der Waals surface area (Å²) in [4.78, 5) is 21.1. The molecule has 2 heterocycles. The molecule has 0 spiro atoms. The zero-order chi connectivity index (χ0) is 20.3. The van der Waals surface area contributed by atoms with Crippen molar-refractivity contribution in [3.63, 3.8) is 0 Å². The number of aromatic nitrogens is 3. The predicted molar refractivity (Wildman–Crippen MR) is 111 cm³/mol. The van der Waals surface area contributed by atoms with Crippen LogP contribution >= 0.6 is 11.6 Å². The Balaban J connectivity index is 1.26. The first-order valence-electron chi connectivity index (χ1n) is 9.74. The molecule has 1 aliphatic heterocycles. The lowest BCUT2D eigenvalue weighted by atomic mass is 9.84. The minimum absolute atomic E-state index is 0.304. The number of piperidine rings is 1. The number of fused-ring (bicyclic) bond motifs is 1. The fourth-order valence-electron chi connectivity index (χ4n) is 3.69. The zero-order valence-corrected chi connectivity index (χ0v) is 16.8. The molecule has 4 rings (SSSR count). The summed E-state index contributed by atoms with van der Waals surface area (Å²) in [6.45, 7) is 2.79. The van der Waals surface area contributed by atoms with Gasteiger partial charge in [0.1, 0.15) is 12.1 Å². The molecule has 0 radical (unpaired) electrons. The van der Waals surface area contributed by atoms with E-state index in [1.54, 1.807) is 18.2 Å². The van der Waals surface area contributed by atoms with E-state index in [4.69, 9.17) is 16.4 Å². The Labute approximate surface area is 173 Å². The van der Waals surface area contributed by atoms with Crippen LogP contribution in [0.25, 0.3) is 10.9 Å². The summed E-state index contributed by atoms with van der Waals surface area (Å²) in [5.41, 5.74) is 0.366. The molecule has 0 atom stereocenters. The lowest BCUT2D eigenvalue weighted by Crippen LogP contribution is -2.43. The quantitative estimate of drug-likeness (QED) is 0.623. The average molecular weight is 415 g/mol. The Morgan fingerprint density at radius 1 is 1.10 bits per heavy atom. The SMILES string of the molecule is O=c1c2ccccc2nnn1OCCCN1CCC(O)(c2ccc(Cl)cc2)CC1. The Morgan fingerprint density at radius 3 is 2.59 bits per heavy atom. The second-order valence-electron chi connectivity index (χ2n) is 7.35. The monoisotopic (exact) mass is 414 g/mol. The summed E-state index contributed by atoms with van der Waals surface area (Å²) < 4.78 is 0. The maximum Gasteiger partial charge on any atom is 0.314 e. The van der Waals surface area contributed by atoms with Gasteiger partial charge in [-0.1, -0.05) is 35.9 Å². The van der Waals surface area contributed by atoms with Gasteiger partial charge in [-0.15, -0.1) is 5.10 Å². The van der Waals surface area contributed by atoms with E-state index >= 15 is 0 Å². The third-order valence-corrected chi connectivity index (χ3v) is 5.69. The minimum atomic E-state index is -0.800. The van der Waals surface area contributed by atoms with Gasteiger partial charge in [0.2, 0.25) is 0 Å². The smallest absolute Gasteiger partial charge is 0.314 e. The Morgan fingerprint density at radius 2 is 1.83 bits per heavy atom. The molecule has 1 N–H and O–H groups in total. The molecular formula is C21H23ClN4O3. The highest BCUT2D eigenvalue weighted by molar-refractivity contribution is 6.30. The van der Waals surface area contributed by atoms with Crippen molar-refractivity contribution in [1.29, 1.82) is 0 Å². The number of rotatable bonds is 6. The van der Waals surface area contributed by atoms with Crippen LogP contribution in [-0.2, 0) is 5.60 Å². The van der Waals surface area contributed by atoms with Crippen LogP contribution in [0, 0.1) is 0 Å². The highest BCUT2D eigenvalue weighted by Crippen LogP contribution is 2.33. The van der Waals surface area contributed by atoms with E-state index in [-0.39, 0.29) is 5.56 Å². The van der Waals surface area contributed by atoms with Crippen molar-refractivity contribution in [3.05, 3.63) is 69.5 Å². The van der Waals surface area contributed by atoms with E-state index in [2.05, 4.69) is 15.2 Å². The Bertz CT molecular complexity index is 1030. The molecule has 29 heavy (non-hydrogen) atoms. The predicted octanol–water partition coefficient (Wildman–Crippen LogP) is 2.25. The second kappa shape index (κ2) is 8.49. The van der Waals surface area contributed by atoms with Gasteiger partial charge in [0.15, 0.2) is 0 Å². The van der Waals surface area contributed by atoms with Crippen molar-refractivity contribution in [2.45, 2.75) is 24.9 Å². The largest absolute Gasteiger partial charge is 0.392 e. The molecule has 0 unspecified atom stereocenters. The van der Waals surface area contributed by atoms with Crippen LogP contribution in [0.3, 0.4) is 0 Å². The molecule has 1 fully saturated rings. The number of likely N-dealkylation sites (tertiary alicyclic amines) is 1.